The lowest BCUT2D eigenvalue weighted by Crippen LogP contribution is -2.51. The van der Waals surface area contributed by atoms with Crippen LogP contribution in [0.5, 0.6) is 0 Å². The molecule has 0 radical (unpaired) electrons. The largest absolute Gasteiger partial charge is 0.444 e. The molecule has 0 saturated carbocycles. The van der Waals surface area contributed by atoms with E-state index in [1.54, 1.807) is 0 Å². The number of ether oxygens (including phenoxy) is 2. The summed E-state index contributed by atoms with van der Waals surface area (Å²) in [6.07, 6.45) is -0.384. The highest BCUT2D eigenvalue weighted by Crippen LogP contribution is 2.14. The Morgan fingerprint density at radius 2 is 1.84 bits per heavy atom. The van der Waals surface area contributed by atoms with Gasteiger partial charge in [0.2, 0.25) is 0 Å². The monoisotopic (exact) mass is 277 g/mol. The molecule has 1 aliphatic rings. The van der Waals surface area contributed by atoms with Gasteiger partial charge in [0, 0.05) is 6.54 Å². The number of nitrogens with zero attached hydrogens (tertiary/aromatic N) is 1. The highest BCUT2D eigenvalue weighted by Gasteiger charge is 2.30. The number of carbonyl (C=O) groups excluding carboxylic acids is 1. The normalized spacial score (nSPS) is 18.5. The molecule has 1 saturated heterocycles. The van der Waals surface area contributed by atoms with Crippen LogP contribution in [0.4, 0.5) is 4.79 Å². The van der Waals surface area contributed by atoms with Gasteiger partial charge in [-0.2, -0.15) is 0 Å². The summed E-state index contributed by atoms with van der Waals surface area (Å²) in [5.74, 6) is 0. The lowest BCUT2D eigenvalue weighted by Gasteiger charge is -2.35. The van der Waals surface area contributed by atoms with Crippen molar-refractivity contribution >= 4 is 6.09 Å². The molecule has 0 aliphatic carbocycles. The van der Waals surface area contributed by atoms with Crippen molar-refractivity contribution in [3.8, 4) is 0 Å². The van der Waals surface area contributed by atoms with E-state index in [0.29, 0.717) is 19.8 Å². The molecular weight excluding hydrogens is 246 g/mol. The first kappa shape index (κ1) is 20.5. The first-order valence-corrected chi connectivity index (χ1v) is 7.12. The molecule has 19 heavy (non-hydrogen) atoms. The van der Waals surface area contributed by atoms with Gasteiger partial charge in [-0.15, -0.1) is 0 Å². The van der Waals surface area contributed by atoms with Crippen LogP contribution in [0.15, 0.2) is 0 Å². The highest BCUT2D eigenvalue weighted by atomic mass is 16.6. The van der Waals surface area contributed by atoms with Gasteiger partial charge in [-0.05, 0) is 20.8 Å². The minimum Gasteiger partial charge on any atom is -0.444 e. The third-order valence-corrected chi connectivity index (χ3v) is 2.07. The maximum atomic E-state index is 11.7. The number of morpholine rings is 1. The van der Waals surface area contributed by atoms with Gasteiger partial charge in [0.25, 0.3) is 0 Å². The molecule has 5 nitrogen and oxygen atoms in total. The highest BCUT2D eigenvalue weighted by molar-refractivity contribution is 5.68. The smallest absolute Gasteiger partial charge is 0.410 e. The van der Waals surface area contributed by atoms with Crippen LogP contribution in [0.25, 0.3) is 0 Å². The van der Waals surface area contributed by atoms with E-state index >= 15 is 0 Å². The quantitative estimate of drug-likeness (QED) is 0.800. The van der Waals surface area contributed by atoms with Crippen LogP contribution in [0.3, 0.4) is 0 Å². The molecule has 1 unspecified atom stereocenters. The maximum Gasteiger partial charge on any atom is 0.410 e. The summed E-state index contributed by atoms with van der Waals surface area (Å²) in [5, 5.41) is 9.08. The fourth-order valence-corrected chi connectivity index (χ4v) is 1.37. The van der Waals surface area contributed by atoms with Crippen LogP contribution in [-0.2, 0) is 9.47 Å². The number of hydrogen-bond acceptors (Lipinski definition) is 4. The van der Waals surface area contributed by atoms with E-state index in [2.05, 4.69) is 0 Å². The molecule has 1 atom stereocenters. The van der Waals surface area contributed by atoms with Gasteiger partial charge in [0.1, 0.15) is 5.60 Å². The second-order valence-electron chi connectivity index (χ2n) is 4.59. The van der Waals surface area contributed by atoms with Gasteiger partial charge < -0.3 is 14.6 Å². The third-order valence-electron chi connectivity index (χ3n) is 2.07. The summed E-state index contributed by atoms with van der Waals surface area (Å²) in [4.78, 5) is 13.2. The van der Waals surface area contributed by atoms with Crippen molar-refractivity contribution in [1.29, 1.82) is 0 Å². The lowest BCUT2D eigenvalue weighted by molar-refractivity contribution is -0.0444. The van der Waals surface area contributed by atoms with Crippen LogP contribution in [-0.4, -0.2) is 54.1 Å². The van der Waals surface area contributed by atoms with E-state index in [0.717, 1.165) is 0 Å². The van der Waals surface area contributed by atoms with Gasteiger partial charge in [-0.3, -0.25) is 4.90 Å². The zero-order valence-corrected chi connectivity index (χ0v) is 13.5. The molecule has 1 amide bonds. The Morgan fingerprint density at radius 1 is 1.32 bits per heavy atom. The van der Waals surface area contributed by atoms with E-state index < -0.39 is 5.60 Å². The summed E-state index contributed by atoms with van der Waals surface area (Å²) >= 11 is 0. The van der Waals surface area contributed by atoms with Crippen molar-refractivity contribution in [2.24, 2.45) is 0 Å². The lowest BCUT2D eigenvalue weighted by atomic mass is 10.2. The molecule has 1 rings (SSSR count). The van der Waals surface area contributed by atoms with Crippen molar-refractivity contribution in [2.75, 3.05) is 26.4 Å². The van der Waals surface area contributed by atoms with E-state index in [9.17, 15) is 4.79 Å². The first-order chi connectivity index (χ1) is 8.94. The topological polar surface area (TPSA) is 59.0 Å². The number of hydrogen-bond donors (Lipinski definition) is 1. The van der Waals surface area contributed by atoms with Gasteiger partial charge in [0.15, 0.2) is 0 Å². The van der Waals surface area contributed by atoms with Crippen molar-refractivity contribution in [1.82, 2.24) is 4.90 Å². The van der Waals surface area contributed by atoms with Gasteiger partial charge in [-0.1, -0.05) is 27.7 Å². The molecule has 0 aromatic heterocycles. The number of carbonyl (C=O) groups is 1. The molecule has 5 heteroatoms. The van der Waals surface area contributed by atoms with E-state index in [-0.39, 0.29) is 18.7 Å². The summed E-state index contributed by atoms with van der Waals surface area (Å²) in [5.41, 5.74) is -0.505. The number of rotatable bonds is 1. The Kier molecular flexibility index (Phi) is 11.9. The number of amides is 1. The summed E-state index contributed by atoms with van der Waals surface area (Å²) in [6, 6.07) is -0.284. The van der Waals surface area contributed by atoms with E-state index in [1.165, 1.54) is 4.90 Å². The summed E-state index contributed by atoms with van der Waals surface area (Å²) < 4.78 is 10.4. The summed E-state index contributed by atoms with van der Waals surface area (Å²) in [6.45, 7) is 14.7. The van der Waals surface area contributed by atoms with Crippen LogP contribution in [0, 0.1) is 0 Å². The van der Waals surface area contributed by atoms with Crippen molar-refractivity contribution in [3.63, 3.8) is 0 Å². The average molecular weight is 277 g/mol. The molecule has 1 aliphatic heterocycles. The fourth-order valence-electron chi connectivity index (χ4n) is 1.37. The van der Waals surface area contributed by atoms with E-state index in [4.69, 9.17) is 14.6 Å². The Morgan fingerprint density at radius 3 is 2.26 bits per heavy atom. The minimum absolute atomic E-state index is 0.0980. The molecule has 1 fully saturated rings. The van der Waals surface area contributed by atoms with Crippen LogP contribution in [0.2, 0.25) is 0 Å². The molecule has 1 heterocycles. The molecule has 1 N–H and O–H groups in total. The van der Waals surface area contributed by atoms with Crippen molar-refractivity contribution in [3.05, 3.63) is 0 Å². The van der Waals surface area contributed by atoms with Gasteiger partial charge >= 0.3 is 6.09 Å². The molecule has 0 aromatic carbocycles. The van der Waals surface area contributed by atoms with Gasteiger partial charge in [-0.25, -0.2) is 4.79 Å². The van der Waals surface area contributed by atoms with Crippen molar-refractivity contribution < 1.29 is 19.4 Å². The fraction of sp³-hybridized carbons (Fsp3) is 0.929. The van der Waals surface area contributed by atoms with Crippen LogP contribution in [0.1, 0.15) is 48.5 Å². The minimum atomic E-state index is -0.505. The SMILES string of the molecule is CC.CC.CC(C)(C)OC(=O)N1CCOCC1CO. The second-order valence-corrected chi connectivity index (χ2v) is 4.59. The summed E-state index contributed by atoms with van der Waals surface area (Å²) in [7, 11) is 0. The Balaban J connectivity index is 0. The second kappa shape index (κ2) is 11.1. The predicted molar refractivity (Wildman–Crippen MR) is 77.3 cm³/mol. The van der Waals surface area contributed by atoms with Gasteiger partial charge in [0.05, 0.1) is 25.9 Å². The number of aliphatic hydroxyl groups is 1. The molecular formula is C14H31NO4. The third kappa shape index (κ3) is 8.83. The molecule has 116 valence electrons. The first-order valence-electron chi connectivity index (χ1n) is 7.12. The maximum absolute atomic E-state index is 11.7. The van der Waals surface area contributed by atoms with Crippen molar-refractivity contribution in [2.45, 2.75) is 60.1 Å². The standard InChI is InChI=1S/C10H19NO4.2C2H6/c1-10(2,3)15-9(13)11-4-5-14-7-8(11)6-12;2*1-2/h8,12H,4-7H2,1-3H3;2*1-2H3. The average Bonchev–Trinajstić information content (AvgIpc) is 2.41. The Hall–Kier alpha value is -0.810. The van der Waals surface area contributed by atoms with Crippen LogP contribution < -0.4 is 0 Å². The zero-order valence-electron chi connectivity index (χ0n) is 13.5. The molecule has 0 spiro atoms. The predicted octanol–water partition coefficient (Wildman–Crippen LogP) is 2.67. The van der Waals surface area contributed by atoms with E-state index in [1.807, 2.05) is 48.5 Å². The number of aliphatic hydroxyl groups excluding tert-OH is 1. The van der Waals surface area contributed by atoms with Crippen LogP contribution >= 0.6 is 0 Å². The zero-order chi connectivity index (χ0) is 15.5. The molecule has 0 aromatic rings. The molecule has 0 bridgehead atoms. The Labute approximate surface area is 117 Å². The Bertz CT molecular complexity index is 226.